The summed E-state index contributed by atoms with van der Waals surface area (Å²) < 4.78 is 0. The molecule has 182 valence electrons. The van der Waals surface area contributed by atoms with Crippen molar-refractivity contribution in [2.75, 3.05) is 19.8 Å². The lowest BCUT2D eigenvalue weighted by Crippen LogP contribution is -2.39. The van der Waals surface area contributed by atoms with Crippen molar-refractivity contribution in [3.05, 3.63) is 91.0 Å². The SMILES string of the molecule is CN(CC1(C(=O)CCCCC[P+](c2ccccc2)(c2ccccc2)c2ccccc2)CC1)C(=N)N. The molecule has 3 N–H and O–H groups in total. The molecule has 3 aromatic carbocycles. The number of hydrogen-bond donors (Lipinski definition) is 2. The zero-order valence-electron chi connectivity index (χ0n) is 20.7. The summed E-state index contributed by atoms with van der Waals surface area (Å²) in [5.74, 6) is 0.382. The van der Waals surface area contributed by atoms with Crippen LogP contribution >= 0.6 is 7.26 Å². The molecule has 0 aliphatic heterocycles. The van der Waals surface area contributed by atoms with E-state index < -0.39 is 7.26 Å². The van der Waals surface area contributed by atoms with Gasteiger partial charge in [0.25, 0.3) is 0 Å². The number of benzene rings is 3. The van der Waals surface area contributed by atoms with Gasteiger partial charge in [-0.15, -0.1) is 0 Å². The molecule has 0 atom stereocenters. The highest BCUT2D eigenvalue weighted by molar-refractivity contribution is 7.95. The zero-order valence-corrected chi connectivity index (χ0v) is 21.6. The van der Waals surface area contributed by atoms with Crippen molar-refractivity contribution in [2.45, 2.75) is 38.5 Å². The molecule has 5 heteroatoms. The van der Waals surface area contributed by atoms with Crippen molar-refractivity contribution in [1.29, 1.82) is 5.41 Å². The number of nitrogens with two attached hydrogens (primary N) is 1. The molecule has 0 amide bonds. The highest BCUT2D eigenvalue weighted by atomic mass is 31.2. The second-order valence-electron chi connectivity index (χ2n) is 9.80. The predicted molar refractivity (Wildman–Crippen MR) is 150 cm³/mol. The van der Waals surface area contributed by atoms with Crippen molar-refractivity contribution < 1.29 is 4.79 Å². The summed E-state index contributed by atoms with van der Waals surface area (Å²) in [4.78, 5) is 14.7. The van der Waals surface area contributed by atoms with Gasteiger partial charge in [0.05, 0.1) is 6.16 Å². The number of carbonyl (C=O) groups is 1. The first kappa shape index (κ1) is 25.1. The fraction of sp³-hybridized carbons (Fsp3) is 0.333. The second-order valence-corrected chi connectivity index (χ2v) is 13.4. The molecule has 0 radical (unpaired) electrons. The average Bonchev–Trinajstić information content (AvgIpc) is 3.68. The molecule has 1 fully saturated rings. The quantitative estimate of drug-likeness (QED) is 0.169. The van der Waals surface area contributed by atoms with E-state index in [4.69, 9.17) is 11.1 Å². The van der Waals surface area contributed by atoms with Gasteiger partial charge in [0, 0.05) is 25.4 Å². The fourth-order valence-corrected chi connectivity index (χ4v) is 9.58. The lowest BCUT2D eigenvalue weighted by molar-refractivity contribution is -0.124. The molecule has 1 aliphatic rings. The molecule has 4 nitrogen and oxygen atoms in total. The number of nitrogens with one attached hydrogen (secondary N) is 1. The molecular formula is C30H37N3OP+. The van der Waals surface area contributed by atoms with Crippen LogP contribution in [0.3, 0.4) is 0 Å². The van der Waals surface area contributed by atoms with Crippen molar-refractivity contribution in [2.24, 2.45) is 11.1 Å². The zero-order chi connectivity index (χ0) is 24.7. The minimum absolute atomic E-state index is 0.0344. The standard InChI is InChI=1S/C30H37N3OP/c1-33(29(31)32)24-30(21-22-30)28(34)20-12-5-13-23-35(25-14-6-2-7-15-25,26-16-8-3-9-17-26)27-18-10-4-11-19-27/h2-4,6-11,14-19H,5,12-13,20-24H2,1H3,(H3,31,32)/q+1. The number of carbonyl (C=O) groups excluding carboxylic acids is 1. The second kappa shape index (κ2) is 11.2. The van der Waals surface area contributed by atoms with Crippen LogP contribution in [0.5, 0.6) is 0 Å². The molecule has 4 rings (SSSR count). The van der Waals surface area contributed by atoms with Crippen LogP contribution in [0.25, 0.3) is 0 Å². The van der Waals surface area contributed by atoms with Crippen molar-refractivity contribution in [1.82, 2.24) is 4.90 Å². The average molecular weight is 487 g/mol. The fourth-order valence-electron chi connectivity index (χ4n) is 5.17. The summed E-state index contributed by atoms with van der Waals surface area (Å²) in [6.45, 7) is 0.575. The number of ketones is 1. The van der Waals surface area contributed by atoms with Gasteiger partial charge >= 0.3 is 0 Å². The van der Waals surface area contributed by atoms with E-state index in [1.54, 1.807) is 11.9 Å². The maximum atomic E-state index is 13.0. The van der Waals surface area contributed by atoms with E-state index >= 15 is 0 Å². The van der Waals surface area contributed by atoms with Gasteiger partial charge in [-0.1, -0.05) is 54.6 Å². The van der Waals surface area contributed by atoms with E-state index in [2.05, 4.69) is 91.0 Å². The molecule has 0 heterocycles. The number of unbranched alkanes of at least 4 members (excludes halogenated alkanes) is 2. The van der Waals surface area contributed by atoms with E-state index in [-0.39, 0.29) is 11.4 Å². The molecule has 3 aromatic rings. The van der Waals surface area contributed by atoms with Crippen LogP contribution < -0.4 is 21.6 Å². The minimum atomic E-state index is -1.80. The van der Waals surface area contributed by atoms with Gasteiger partial charge in [-0.2, -0.15) is 0 Å². The minimum Gasteiger partial charge on any atom is -0.370 e. The number of guanidine groups is 1. The van der Waals surface area contributed by atoms with Gasteiger partial charge in [-0.05, 0) is 68.5 Å². The van der Waals surface area contributed by atoms with Gasteiger partial charge in [0.1, 0.15) is 29.0 Å². The molecule has 1 aliphatic carbocycles. The summed E-state index contributed by atoms with van der Waals surface area (Å²) >= 11 is 0. The molecule has 35 heavy (non-hydrogen) atoms. The third-order valence-corrected chi connectivity index (χ3v) is 11.9. The maximum Gasteiger partial charge on any atom is 0.188 e. The Kier molecular flexibility index (Phi) is 8.03. The van der Waals surface area contributed by atoms with Crippen LogP contribution in [0.2, 0.25) is 0 Å². The third kappa shape index (κ3) is 5.65. The molecular weight excluding hydrogens is 449 g/mol. The monoisotopic (exact) mass is 486 g/mol. The highest BCUT2D eigenvalue weighted by Crippen LogP contribution is 2.56. The summed E-state index contributed by atoms with van der Waals surface area (Å²) in [6, 6.07) is 33.0. The van der Waals surface area contributed by atoms with Crippen LogP contribution in [0.1, 0.15) is 38.5 Å². The molecule has 0 bridgehead atoms. The van der Waals surface area contributed by atoms with E-state index in [9.17, 15) is 4.79 Å². The van der Waals surface area contributed by atoms with Crippen molar-refractivity contribution >= 4 is 34.9 Å². The first-order chi connectivity index (χ1) is 17.0. The molecule has 0 spiro atoms. The van der Waals surface area contributed by atoms with E-state index in [1.165, 1.54) is 15.9 Å². The normalized spacial score (nSPS) is 14.3. The summed E-state index contributed by atoms with van der Waals surface area (Å²) in [6.07, 6.45) is 6.61. The van der Waals surface area contributed by atoms with Gasteiger partial charge in [0.15, 0.2) is 5.96 Å². The highest BCUT2D eigenvalue weighted by Gasteiger charge is 2.49. The Bertz CT molecular complexity index is 1020. The van der Waals surface area contributed by atoms with E-state index in [0.29, 0.717) is 18.7 Å². The van der Waals surface area contributed by atoms with Gasteiger partial charge in [-0.25, -0.2) is 0 Å². The van der Waals surface area contributed by atoms with Crippen LogP contribution in [0, 0.1) is 10.8 Å². The van der Waals surface area contributed by atoms with Crippen molar-refractivity contribution in [3.8, 4) is 0 Å². The maximum absolute atomic E-state index is 13.0. The predicted octanol–water partition coefficient (Wildman–Crippen LogP) is 4.72. The van der Waals surface area contributed by atoms with Crippen LogP contribution in [0.4, 0.5) is 0 Å². The Morgan fingerprint density at radius 3 is 1.69 bits per heavy atom. The van der Waals surface area contributed by atoms with Gasteiger partial charge in [0.2, 0.25) is 0 Å². The Balaban J connectivity index is 1.47. The summed E-state index contributed by atoms with van der Waals surface area (Å²) in [7, 11) is 0.00497. The Hall–Kier alpha value is -2.97. The number of hydrogen-bond acceptors (Lipinski definition) is 2. The first-order valence-corrected chi connectivity index (χ1v) is 14.6. The third-order valence-electron chi connectivity index (χ3n) is 7.38. The van der Waals surface area contributed by atoms with Gasteiger partial charge in [-0.3, -0.25) is 10.2 Å². The Morgan fingerprint density at radius 1 is 0.829 bits per heavy atom. The molecule has 0 aromatic heterocycles. The van der Waals surface area contributed by atoms with Crippen LogP contribution in [-0.2, 0) is 4.79 Å². The smallest absolute Gasteiger partial charge is 0.188 e. The lowest BCUT2D eigenvalue weighted by Gasteiger charge is -2.27. The number of nitrogens with zero attached hydrogens (tertiary/aromatic N) is 1. The first-order valence-electron chi connectivity index (χ1n) is 12.6. The molecule has 0 unspecified atom stereocenters. The Labute approximate surface area is 210 Å². The molecule has 0 saturated heterocycles. The summed E-state index contributed by atoms with van der Waals surface area (Å²) in [5.41, 5.74) is 5.33. The van der Waals surface area contributed by atoms with Crippen molar-refractivity contribution in [3.63, 3.8) is 0 Å². The van der Waals surface area contributed by atoms with E-state index in [0.717, 1.165) is 38.3 Å². The van der Waals surface area contributed by atoms with E-state index in [1.807, 2.05) is 0 Å². The largest absolute Gasteiger partial charge is 0.370 e. The lowest BCUT2D eigenvalue weighted by atomic mass is 9.95. The van der Waals surface area contributed by atoms with Crippen LogP contribution in [0.15, 0.2) is 91.0 Å². The number of rotatable bonds is 12. The summed E-state index contributed by atoms with van der Waals surface area (Å²) in [5, 5.41) is 11.9. The molecule has 1 saturated carbocycles. The van der Waals surface area contributed by atoms with Crippen LogP contribution in [-0.4, -0.2) is 36.4 Å². The van der Waals surface area contributed by atoms with Gasteiger partial charge < -0.3 is 10.6 Å². The topological polar surface area (TPSA) is 70.2 Å². The number of Topliss-reactive ketones (excluding diaryl/α,β-unsaturated/α-hetero) is 1. The Morgan fingerprint density at radius 2 is 1.29 bits per heavy atom.